The number of aliphatic hydroxyl groups is 1. The van der Waals surface area contributed by atoms with Crippen LogP contribution in [0.3, 0.4) is 0 Å². The Morgan fingerprint density at radius 3 is 2.79 bits per heavy atom. The number of nitrogens with zero attached hydrogens (tertiary/aromatic N) is 3. The standard InChI is InChI=1S/C19H27N3O2/c1-14(2)16-17(15-7-4-3-5-8-15)22(19(24)18(16)23)11-6-10-21-12-9-20-13-21/h3-4,9,12-15,17,23H,5-8,10-11H2,1-2H3. The van der Waals surface area contributed by atoms with Gasteiger partial charge >= 0.3 is 0 Å². The third kappa shape index (κ3) is 3.25. The molecule has 2 aliphatic rings. The van der Waals surface area contributed by atoms with Crippen molar-refractivity contribution in [3.63, 3.8) is 0 Å². The SMILES string of the molecule is CC(C)C1=C(O)C(=O)N(CCCn2ccnc2)C1C1CC=CCC1. The Bertz CT molecular complexity index is 631. The molecule has 24 heavy (non-hydrogen) atoms. The summed E-state index contributed by atoms with van der Waals surface area (Å²) >= 11 is 0. The van der Waals surface area contributed by atoms with Crippen molar-refractivity contribution in [2.75, 3.05) is 6.54 Å². The number of hydrogen-bond acceptors (Lipinski definition) is 3. The lowest BCUT2D eigenvalue weighted by molar-refractivity contribution is -0.130. The third-order valence-electron chi connectivity index (χ3n) is 5.14. The molecule has 1 amide bonds. The number of aliphatic hydroxyl groups excluding tert-OH is 1. The van der Waals surface area contributed by atoms with E-state index in [-0.39, 0.29) is 23.6 Å². The second-order valence-corrected chi connectivity index (χ2v) is 7.10. The smallest absolute Gasteiger partial charge is 0.289 e. The first-order valence-corrected chi connectivity index (χ1v) is 8.94. The fraction of sp³-hybridized carbons (Fsp3) is 0.579. The molecule has 2 heterocycles. The molecule has 1 N–H and O–H groups in total. The summed E-state index contributed by atoms with van der Waals surface area (Å²) in [5.74, 6) is 0.397. The summed E-state index contributed by atoms with van der Waals surface area (Å²) in [4.78, 5) is 18.6. The zero-order chi connectivity index (χ0) is 17.1. The van der Waals surface area contributed by atoms with Crippen LogP contribution in [0.1, 0.15) is 39.5 Å². The zero-order valence-electron chi connectivity index (χ0n) is 14.6. The summed E-state index contributed by atoms with van der Waals surface area (Å²) in [5.41, 5.74) is 0.933. The molecule has 5 heteroatoms. The highest BCUT2D eigenvalue weighted by atomic mass is 16.3. The molecule has 1 aliphatic carbocycles. The van der Waals surface area contributed by atoms with Gasteiger partial charge in [-0.25, -0.2) is 4.98 Å². The number of carbonyl (C=O) groups is 1. The molecular weight excluding hydrogens is 302 g/mol. The highest BCUT2D eigenvalue weighted by Crippen LogP contribution is 2.38. The molecule has 1 aromatic heterocycles. The zero-order valence-corrected chi connectivity index (χ0v) is 14.6. The van der Waals surface area contributed by atoms with Crippen LogP contribution < -0.4 is 0 Å². The highest BCUT2D eigenvalue weighted by Gasteiger charge is 2.43. The quantitative estimate of drug-likeness (QED) is 0.815. The van der Waals surface area contributed by atoms with Crippen LogP contribution in [0.5, 0.6) is 0 Å². The molecule has 0 saturated carbocycles. The summed E-state index contributed by atoms with van der Waals surface area (Å²) in [6.45, 7) is 5.64. The fourth-order valence-electron chi connectivity index (χ4n) is 4.00. The minimum atomic E-state index is -0.191. The van der Waals surface area contributed by atoms with Gasteiger partial charge in [0.15, 0.2) is 5.76 Å². The van der Waals surface area contributed by atoms with E-state index in [0.29, 0.717) is 12.5 Å². The van der Waals surface area contributed by atoms with Gasteiger partial charge in [-0.1, -0.05) is 26.0 Å². The van der Waals surface area contributed by atoms with Crippen molar-refractivity contribution in [1.82, 2.24) is 14.5 Å². The topological polar surface area (TPSA) is 58.4 Å². The van der Waals surface area contributed by atoms with Gasteiger partial charge in [0.2, 0.25) is 0 Å². The average molecular weight is 329 g/mol. The Balaban J connectivity index is 1.75. The maximum absolute atomic E-state index is 12.6. The molecule has 2 atom stereocenters. The van der Waals surface area contributed by atoms with Crippen molar-refractivity contribution < 1.29 is 9.90 Å². The monoisotopic (exact) mass is 329 g/mol. The molecule has 3 rings (SSSR count). The number of aryl methyl sites for hydroxylation is 1. The van der Waals surface area contributed by atoms with Crippen molar-refractivity contribution in [2.24, 2.45) is 11.8 Å². The average Bonchev–Trinajstić information content (AvgIpc) is 3.17. The van der Waals surface area contributed by atoms with Gasteiger partial charge in [0.1, 0.15) is 0 Å². The Kier molecular flexibility index (Phi) is 5.07. The van der Waals surface area contributed by atoms with E-state index in [4.69, 9.17) is 0 Å². The number of rotatable bonds is 6. The van der Waals surface area contributed by atoms with Gasteiger partial charge in [-0.2, -0.15) is 0 Å². The number of allylic oxidation sites excluding steroid dienone is 2. The Labute approximate surface area is 143 Å². The molecule has 0 bridgehead atoms. The molecule has 2 unspecified atom stereocenters. The second kappa shape index (κ2) is 7.24. The van der Waals surface area contributed by atoms with Crippen molar-refractivity contribution in [1.29, 1.82) is 0 Å². The maximum atomic E-state index is 12.6. The first-order chi connectivity index (χ1) is 11.6. The van der Waals surface area contributed by atoms with E-state index in [1.54, 1.807) is 12.5 Å². The van der Waals surface area contributed by atoms with Crippen LogP contribution >= 0.6 is 0 Å². The van der Waals surface area contributed by atoms with E-state index in [0.717, 1.165) is 37.8 Å². The molecule has 5 nitrogen and oxygen atoms in total. The summed E-state index contributed by atoms with van der Waals surface area (Å²) < 4.78 is 2.02. The number of aromatic nitrogens is 2. The molecule has 0 fully saturated rings. The van der Waals surface area contributed by atoms with Gasteiger partial charge < -0.3 is 14.6 Å². The van der Waals surface area contributed by atoms with Gasteiger partial charge in [0, 0.05) is 31.1 Å². The van der Waals surface area contributed by atoms with Crippen LogP contribution in [0.25, 0.3) is 0 Å². The normalized spacial score (nSPS) is 24.5. The largest absolute Gasteiger partial charge is 0.503 e. The minimum Gasteiger partial charge on any atom is -0.503 e. The van der Waals surface area contributed by atoms with Crippen molar-refractivity contribution in [2.45, 2.75) is 52.1 Å². The van der Waals surface area contributed by atoms with Crippen LogP contribution in [0.4, 0.5) is 0 Å². The van der Waals surface area contributed by atoms with E-state index < -0.39 is 0 Å². The molecule has 130 valence electrons. The van der Waals surface area contributed by atoms with E-state index >= 15 is 0 Å². The molecular formula is C19H27N3O2. The number of hydrogen-bond donors (Lipinski definition) is 1. The van der Waals surface area contributed by atoms with E-state index in [9.17, 15) is 9.90 Å². The van der Waals surface area contributed by atoms with E-state index in [1.807, 2.05) is 15.7 Å². The molecule has 1 aromatic rings. The Morgan fingerprint density at radius 1 is 1.33 bits per heavy atom. The van der Waals surface area contributed by atoms with E-state index in [2.05, 4.69) is 31.0 Å². The number of imidazole rings is 1. The molecule has 1 aliphatic heterocycles. The van der Waals surface area contributed by atoms with Gasteiger partial charge in [0.05, 0.1) is 12.4 Å². The van der Waals surface area contributed by atoms with Gasteiger partial charge in [-0.05, 0) is 37.5 Å². The fourth-order valence-corrected chi connectivity index (χ4v) is 4.00. The van der Waals surface area contributed by atoms with Gasteiger partial charge in [0.25, 0.3) is 5.91 Å². The summed E-state index contributed by atoms with van der Waals surface area (Å²) in [7, 11) is 0. The number of carbonyl (C=O) groups excluding carboxylic acids is 1. The van der Waals surface area contributed by atoms with Crippen LogP contribution in [0.2, 0.25) is 0 Å². The Hall–Kier alpha value is -2.04. The molecule has 0 aromatic carbocycles. The summed E-state index contributed by atoms with van der Waals surface area (Å²) in [6.07, 6.45) is 13.9. The van der Waals surface area contributed by atoms with E-state index in [1.165, 1.54) is 0 Å². The van der Waals surface area contributed by atoms with Crippen molar-refractivity contribution in [3.05, 3.63) is 42.2 Å². The predicted molar refractivity (Wildman–Crippen MR) is 93.3 cm³/mol. The van der Waals surface area contributed by atoms with Crippen molar-refractivity contribution >= 4 is 5.91 Å². The maximum Gasteiger partial charge on any atom is 0.289 e. The first kappa shape index (κ1) is 16.8. The van der Waals surface area contributed by atoms with Gasteiger partial charge in [-0.15, -0.1) is 0 Å². The second-order valence-electron chi connectivity index (χ2n) is 7.10. The molecule has 0 spiro atoms. The lowest BCUT2D eigenvalue weighted by Crippen LogP contribution is -2.42. The van der Waals surface area contributed by atoms with Crippen LogP contribution in [0, 0.1) is 11.8 Å². The van der Waals surface area contributed by atoms with Crippen LogP contribution in [-0.4, -0.2) is 38.1 Å². The highest BCUT2D eigenvalue weighted by molar-refractivity contribution is 5.95. The first-order valence-electron chi connectivity index (χ1n) is 8.94. The summed E-state index contributed by atoms with van der Waals surface area (Å²) in [5, 5.41) is 10.4. The predicted octanol–water partition coefficient (Wildman–Crippen LogP) is 3.31. The Morgan fingerprint density at radius 2 is 2.17 bits per heavy atom. The lowest BCUT2D eigenvalue weighted by Gasteiger charge is -2.35. The van der Waals surface area contributed by atoms with Crippen molar-refractivity contribution in [3.8, 4) is 0 Å². The lowest BCUT2D eigenvalue weighted by atomic mass is 9.81. The van der Waals surface area contributed by atoms with Crippen LogP contribution in [-0.2, 0) is 11.3 Å². The molecule has 0 saturated heterocycles. The minimum absolute atomic E-state index is 0.00724. The number of amides is 1. The molecule has 0 radical (unpaired) electrons. The van der Waals surface area contributed by atoms with Crippen LogP contribution in [0.15, 0.2) is 42.2 Å². The van der Waals surface area contributed by atoms with Gasteiger partial charge in [-0.3, -0.25) is 4.79 Å². The summed E-state index contributed by atoms with van der Waals surface area (Å²) in [6, 6.07) is 0.0465. The third-order valence-corrected chi connectivity index (χ3v) is 5.14.